The molecule has 0 aliphatic heterocycles. The quantitative estimate of drug-likeness (QED) is 0.704. The van der Waals surface area contributed by atoms with E-state index in [9.17, 15) is 4.21 Å². The Balaban J connectivity index is 2.85. The van der Waals surface area contributed by atoms with Crippen LogP contribution < -0.4 is 0 Å². The Hall–Kier alpha value is -1.13. The van der Waals surface area contributed by atoms with Crippen molar-refractivity contribution in [2.75, 3.05) is 0 Å². The van der Waals surface area contributed by atoms with Crippen LogP contribution in [0.4, 0.5) is 0 Å². The van der Waals surface area contributed by atoms with Crippen molar-refractivity contribution in [3.05, 3.63) is 30.5 Å². The van der Waals surface area contributed by atoms with E-state index in [1.54, 1.807) is 6.20 Å². The minimum Gasteiger partial charge on any atom is -0.349 e. The molecule has 2 rings (SSSR count). The minimum atomic E-state index is -1.90. The van der Waals surface area contributed by atoms with E-state index in [1.807, 2.05) is 35.9 Å². The van der Waals surface area contributed by atoms with Gasteiger partial charge in [0.25, 0.3) is 0 Å². The van der Waals surface area contributed by atoms with Crippen LogP contribution in [-0.2, 0) is 18.1 Å². The summed E-state index contributed by atoms with van der Waals surface area (Å²) in [5, 5.41) is 0.839. The standard InChI is InChI=1S/C9H9NO2S/c1-10-6-9(13(11)12)7-4-2-3-5-8(7)10/h2-6H,1H3,(H,11,12). The van der Waals surface area contributed by atoms with E-state index in [4.69, 9.17) is 4.55 Å². The third kappa shape index (κ3) is 1.28. The molecule has 1 aromatic carbocycles. The van der Waals surface area contributed by atoms with Gasteiger partial charge in [0.15, 0.2) is 11.1 Å². The van der Waals surface area contributed by atoms with Crippen LogP contribution in [0.15, 0.2) is 35.4 Å². The smallest absolute Gasteiger partial charge is 0.188 e. The van der Waals surface area contributed by atoms with E-state index < -0.39 is 11.1 Å². The summed E-state index contributed by atoms with van der Waals surface area (Å²) in [4.78, 5) is 0.470. The third-order valence-electron chi connectivity index (χ3n) is 2.05. The van der Waals surface area contributed by atoms with Crippen LogP contribution in [0.5, 0.6) is 0 Å². The van der Waals surface area contributed by atoms with Gasteiger partial charge < -0.3 is 9.12 Å². The van der Waals surface area contributed by atoms with Crippen molar-refractivity contribution in [2.45, 2.75) is 4.90 Å². The highest BCUT2D eigenvalue weighted by atomic mass is 32.2. The van der Waals surface area contributed by atoms with E-state index >= 15 is 0 Å². The van der Waals surface area contributed by atoms with Gasteiger partial charge in [0.1, 0.15) is 0 Å². The van der Waals surface area contributed by atoms with Crippen LogP contribution in [0.1, 0.15) is 0 Å². The zero-order valence-electron chi connectivity index (χ0n) is 7.10. The maximum Gasteiger partial charge on any atom is 0.188 e. The SMILES string of the molecule is Cn1cc(S(=O)O)c2ccccc21. The van der Waals surface area contributed by atoms with E-state index in [-0.39, 0.29) is 0 Å². The second kappa shape index (κ2) is 2.97. The van der Waals surface area contributed by atoms with Crippen LogP contribution in [0.25, 0.3) is 10.9 Å². The fraction of sp³-hybridized carbons (Fsp3) is 0.111. The Morgan fingerprint density at radius 1 is 1.38 bits per heavy atom. The molecule has 0 bridgehead atoms. The molecule has 0 radical (unpaired) electrons. The first-order valence-corrected chi connectivity index (χ1v) is 4.96. The van der Waals surface area contributed by atoms with Crippen molar-refractivity contribution < 1.29 is 8.76 Å². The zero-order chi connectivity index (χ0) is 9.42. The van der Waals surface area contributed by atoms with Gasteiger partial charge in [0, 0.05) is 24.1 Å². The lowest BCUT2D eigenvalue weighted by atomic mass is 10.2. The molecule has 4 heteroatoms. The van der Waals surface area contributed by atoms with Crippen LogP contribution in [0, 0.1) is 0 Å². The number of aryl methyl sites for hydroxylation is 1. The number of rotatable bonds is 1. The Bertz CT molecular complexity index is 475. The summed E-state index contributed by atoms with van der Waals surface area (Å²) in [6.07, 6.45) is 1.68. The molecule has 0 aliphatic carbocycles. The van der Waals surface area contributed by atoms with Gasteiger partial charge in [-0.15, -0.1) is 0 Å². The summed E-state index contributed by atoms with van der Waals surface area (Å²) < 4.78 is 21.8. The van der Waals surface area contributed by atoms with Gasteiger partial charge in [-0.25, -0.2) is 4.21 Å². The maximum absolute atomic E-state index is 10.9. The molecule has 2 aromatic rings. The molecule has 0 amide bonds. The Morgan fingerprint density at radius 3 is 2.77 bits per heavy atom. The van der Waals surface area contributed by atoms with Crippen LogP contribution in [0.2, 0.25) is 0 Å². The first-order chi connectivity index (χ1) is 6.20. The van der Waals surface area contributed by atoms with Crippen molar-refractivity contribution in [1.29, 1.82) is 0 Å². The largest absolute Gasteiger partial charge is 0.349 e. The van der Waals surface area contributed by atoms with Gasteiger partial charge >= 0.3 is 0 Å². The highest BCUT2D eigenvalue weighted by Crippen LogP contribution is 2.22. The first-order valence-electron chi connectivity index (χ1n) is 3.85. The minimum absolute atomic E-state index is 0.470. The number of benzene rings is 1. The highest BCUT2D eigenvalue weighted by Gasteiger charge is 2.09. The molecule has 1 atom stereocenters. The molecular weight excluding hydrogens is 186 g/mol. The summed E-state index contributed by atoms with van der Waals surface area (Å²) in [6, 6.07) is 7.54. The zero-order valence-corrected chi connectivity index (χ0v) is 7.91. The second-order valence-electron chi connectivity index (χ2n) is 2.87. The summed E-state index contributed by atoms with van der Waals surface area (Å²) >= 11 is -1.90. The van der Waals surface area contributed by atoms with Gasteiger partial charge in [-0.05, 0) is 6.07 Å². The van der Waals surface area contributed by atoms with Crippen LogP contribution in [0.3, 0.4) is 0 Å². The number of aromatic nitrogens is 1. The summed E-state index contributed by atoms with van der Waals surface area (Å²) in [5.41, 5.74) is 0.972. The fourth-order valence-corrected chi connectivity index (χ4v) is 2.05. The maximum atomic E-state index is 10.9. The molecule has 0 spiro atoms. The van der Waals surface area contributed by atoms with Crippen molar-refractivity contribution in [2.24, 2.45) is 7.05 Å². The molecule has 1 unspecified atom stereocenters. The van der Waals surface area contributed by atoms with Crippen molar-refractivity contribution in [3.63, 3.8) is 0 Å². The third-order valence-corrected chi connectivity index (χ3v) is 2.75. The monoisotopic (exact) mass is 195 g/mol. The van der Waals surface area contributed by atoms with E-state index in [1.165, 1.54) is 0 Å². The molecular formula is C9H9NO2S. The molecule has 68 valence electrons. The molecule has 0 fully saturated rings. The molecule has 13 heavy (non-hydrogen) atoms. The number of para-hydroxylation sites is 1. The summed E-state index contributed by atoms with van der Waals surface area (Å²) in [5.74, 6) is 0. The number of hydrogen-bond acceptors (Lipinski definition) is 1. The predicted molar refractivity (Wildman–Crippen MR) is 52.0 cm³/mol. The first kappa shape index (κ1) is 8.47. The van der Waals surface area contributed by atoms with Crippen LogP contribution >= 0.6 is 0 Å². The lowest BCUT2D eigenvalue weighted by Gasteiger charge is -1.92. The van der Waals surface area contributed by atoms with Gasteiger partial charge in [-0.1, -0.05) is 18.2 Å². The lowest BCUT2D eigenvalue weighted by molar-refractivity contribution is 0.565. The average molecular weight is 195 g/mol. The lowest BCUT2D eigenvalue weighted by Crippen LogP contribution is -1.85. The van der Waals surface area contributed by atoms with Crippen LogP contribution in [-0.4, -0.2) is 13.3 Å². The van der Waals surface area contributed by atoms with Gasteiger partial charge in [0.2, 0.25) is 0 Å². The number of fused-ring (bicyclic) bond motifs is 1. The second-order valence-corrected chi connectivity index (χ2v) is 3.81. The number of nitrogens with zero attached hydrogens (tertiary/aromatic N) is 1. The van der Waals surface area contributed by atoms with E-state index in [0.717, 1.165) is 10.9 Å². The fourth-order valence-electron chi connectivity index (χ4n) is 1.44. The highest BCUT2D eigenvalue weighted by molar-refractivity contribution is 7.79. The molecule has 1 aromatic heterocycles. The molecule has 1 N–H and O–H groups in total. The van der Waals surface area contributed by atoms with Gasteiger partial charge in [0.05, 0.1) is 4.90 Å². The topological polar surface area (TPSA) is 42.2 Å². The number of hydrogen-bond donors (Lipinski definition) is 1. The van der Waals surface area contributed by atoms with E-state index in [0.29, 0.717) is 4.90 Å². The Labute approximate surface area is 78.3 Å². The normalized spacial score (nSPS) is 13.4. The van der Waals surface area contributed by atoms with Gasteiger partial charge in [-0.2, -0.15) is 0 Å². The molecule has 0 aliphatic rings. The average Bonchev–Trinajstić information content (AvgIpc) is 2.45. The summed E-state index contributed by atoms with van der Waals surface area (Å²) in [7, 11) is 1.86. The Morgan fingerprint density at radius 2 is 2.08 bits per heavy atom. The van der Waals surface area contributed by atoms with Crippen molar-refractivity contribution in [3.8, 4) is 0 Å². The summed E-state index contributed by atoms with van der Waals surface area (Å²) in [6.45, 7) is 0. The van der Waals surface area contributed by atoms with Crippen molar-refractivity contribution >= 4 is 22.0 Å². The van der Waals surface area contributed by atoms with Gasteiger partial charge in [-0.3, -0.25) is 0 Å². The molecule has 0 saturated carbocycles. The predicted octanol–water partition coefficient (Wildman–Crippen LogP) is 1.76. The molecule has 0 saturated heterocycles. The van der Waals surface area contributed by atoms with Crippen molar-refractivity contribution in [1.82, 2.24) is 4.57 Å². The molecule has 3 nitrogen and oxygen atoms in total. The molecule has 1 heterocycles. The Kier molecular flexibility index (Phi) is 1.94. The van der Waals surface area contributed by atoms with E-state index in [2.05, 4.69) is 0 Å².